The minimum Gasteiger partial charge on any atom is -0.316 e. The standard InChI is InChI=1S/C9H11N5S3/c1-10-3-6-4-11-7(12-5-6)16-9-14-13-8(15-2)17-9/h4-5,10H,3H2,1-2H3. The number of aromatic nitrogens is 4. The number of nitrogens with zero attached hydrogens (tertiary/aromatic N) is 4. The van der Waals surface area contributed by atoms with Crippen LogP contribution in [0, 0.1) is 0 Å². The molecule has 0 aromatic carbocycles. The molecule has 0 aliphatic rings. The average Bonchev–Trinajstić information content (AvgIpc) is 2.80. The zero-order valence-electron chi connectivity index (χ0n) is 9.38. The summed E-state index contributed by atoms with van der Waals surface area (Å²) in [7, 11) is 1.90. The highest BCUT2D eigenvalue weighted by atomic mass is 32.2. The number of hydrogen-bond acceptors (Lipinski definition) is 8. The van der Waals surface area contributed by atoms with E-state index in [-0.39, 0.29) is 0 Å². The van der Waals surface area contributed by atoms with E-state index in [1.54, 1.807) is 23.1 Å². The summed E-state index contributed by atoms with van der Waals surface area (Å²) in [5.74, 6) is 0. The van der Waals surface area contributed by atoms with E-state index in [4.69, 9.17) is 0 Å². The van der Waals surface area contributed by atoms with Crippen LogP contribution in [-0.2, 0) is 6.54 Å². The van der Waals surface area contributed by atoms with E-state index in [1.165, 1.54) is 11.8 Å². The minimum absolute atomic E-state index is 0.702. The van der Waals surface area contributed by atoms with Crippen LogP contribution < -0.4 is 5.32 Å². The van der Waals surface area contributed by atoms with Crippen molar-refractivity contribution in [3.63, 3.8) is 0 Å². The highest BCUT2D eigenvalue weighted by molar-refractivity contribution is 8.02. The molecule has 0 aliphatic carbocycles. The van der Waals surface area contributed by atoms with E-state index in [0.717, 1.165) is 20.8 Å². The zero-order chi connectivity index (χ0) is 12.1. The van der Waals surface area contributed by atoms with Crippen molar-refractivity contribution in [2.24, 2.45) is 0 Å². The molecule has 2 aromatic heterocycles. The summed E-state index contributed by atoms with van der Waals surface area (Å²) in [6.07, 6.45) is 5.63. The molecule has 2 heterocycles. The van der Waals surface area contributed by atoms with Gasteiger partial charge in [-0.3, -0.25) is 0 Å². The fourth-order valence-electron chi connectivity index (χ4n) is 1.09. The van der Waals surface area contributed by atoms with Crippen LogP contribution in [0.5, 0.6) is 0 Å². The Morgan fingerprint density at radius 3 is 2.53 bits per heavy atom. The van der Waals surface area contributed by atoms with Crippen molar-refractivity contribution >= 4 is 34.9 Å². The summed E-state index contributed by atoms with van der Waals surface area (Å²) in [5, 5.41) is 11.8. The molecular weight excluding hydrogens is 274 g/mol. The molecule has 2 aromatic rings. The molecule has 0 amide bonds. The lowest BCUT2D eigenvalue weighted by molar-refractivity contribution is 0.793. The lowest BCUT2D eigenvalue weighted by Crippen LogP contribution is -2.05. The Kier molecular flexibility index (Phi) is 4.72. The van der Waals surface area contributed by atoms with Crippen LogP contribution in [0.3, 0.4) is 0 Å². The second-order valence-electron chi connectivity index (χ2n) is 3.04. The largest absolute Gasteiger partial charge is 0.316 e. The maximum atomic E-state index is 4.27. The van der Waals surface area contributed by atoms with Gasteiger partial charge in [0.25, 0.3) is 0 Å². The predicted molar refractivity (Wildman–Crippen MR) is 70.6 cm³/mol. The van der Waals surface area contributed by atoms with Crippen LogP contribution in [0.1, 0.15) is 5.56 Å². The second kappa shape index (κ2) is 6.29. The summed E-state index contributed by atoms with van der Waals surface area (Å²) in [6, 6.07) is 0. The summed E-state index contributed by atoms with van der Waals surface area (Å²) in [6.45, 7) is 0.778. The van der Waals surface area contributed by atoms with Gasteiger partial charge in [-0.1, -0.05) is 23.1 Å². The van der Waals surface area contributed by atoms with Crippen LogP contribution in [0.25, 0.3) is 0 Å². The Hall–Kier alpha value is -0.700. The van der Waals surface area contributed by atoms with Crippen LogP contribution in [-0.4, -0.2) is 33.5 Å². The monoisotopic (exact) mass is 285 g/mol. The smallest absolute Gasteiger partial charge is 0.194 e. The molecular formula is C9H11N5S3. The maximum Gasteiger partial charge on any atom is 0.194 e. The first kappa shape index (κ1) is 12.7. The lowest BCUT2D eigenvalue weighted by Gasteiger charge is -1.99. The predicted octanol–water partition coefficient (Wildman–Crippen LogP) is 1.92. The van der Waals surface area contributed by atoms with E-state index >= 15 is 0 Å². The van der Waals surface area contributed by atoms with Crippen LogP contribution in [0.15, 0.2) is 26.2 Å². The number of thioether (sulfide) groups is 1. The van der Waals surface area contributed by atoms with Gasteiger partial charge in [0, 0.05) is 24.5 Å². The average molecular weight is 285 g/mol. The third-order valence-electron chi connectivity index (χ3n) is 1.80. The van der Waals surface area contributed by atoms with E-state index in [1.807, 2.05) is 25.7 Å². The molecule has 0 aliphatic heterocycles. The van der Waals surface area contributed by atoms with Gasteiger partial charge in [0.15, 0.2) is 13.8 Å². The van der Waals surface area contributed by atoms with Gasteiger partial charge < -0.3 is 5.32 Å². The molecule has 0 bridgehead atoms. The molecule has 0 atom stereocenters. The molecule has 0 fully saturated rings. The number of rotatable bonds is 5. The van der Waals surface area contributed by atoms with Crippen molar-refractivity contribution in [3.05, 3.63) is 18.0 Å². The van der Waals surface area contributed by atoms with E-state index in [0.29, 0.717) is 5.16 Å². The normalized spacial score (nSPS) is 10.7. The first-order valence-electron chi connectivity index (χ1n) is 4.82. The molecule has 1 N–H and O–H groups in total. The Bertz CT molecular complexity index is 470. The number of hydrogen-bond donors (Lipinski definition) is 1. The second-order valence-corrected chi connectivity index (χ2v) is 6.29. The summed E-state index contributed by atoms with van der Waals surface area (Å²) in [5.41, 5.74) is 1.07. The van der Waals surface area contributed by atoms with E-state index in [9.17, 15) is 0 Å². The lowest BCUT2D eigenvalue weighted by atomic mass is 10.3. The van der Waals surface area contributed by atoms with Crippen molar-refractivity contribution in [2.75, 3.05) is 13.3 Å². The number of nitrogens with one attached hydrogen (secondary N) is 1. The fraction of sp³-hybridized carbons (Fsp3) is 0.333. The van der Waals surface area contributed by atoms with Crippen molar-refractivity contribution in [1.29, 1.82) is 0 Å². The van der Waals surface area contributed by atoms with Crippen molar-refractivity contribution < 1.29 is 0 Å². The van der Waals surface area contributed by atoms with Crippen molar-refractivity contribution in [1.82, 2.24) is 25.5 Å². The molecule has 17 heavy (non-hydrogen) atoms. The van der Waals surface area contributed by atoms with Gasteiger partial charge in [0.05, 0.1) is 0 Å². The topological polar surface area (TPSA) is 63.6 Å². The quantitative estimate of drug-likeness (QED) is 0.665. The third kappa shape index (κ3) is 3.63. The molecule has 2 rings (SSSR count). The molecule has 0 saturated heterocycles. The third-order valence-corrected chi connectivity index (χ3v) is 4.65. The molecule has 0 radical (unpaired) electrons. The summed E-state index contributed by atoms with van der Waals surface area (Å²) in [4.78, 5) is 8.54. The Balaban J connectivity index is 2.03. The molecule has 90 valence electrons. The highest BCUT2D eigenvalue weighted by Crippen LogP contribution is 2.30. The van der Waals surface area contributed by atoms with Crippen molar-refractivity contribution in [3.8, 4) is 0 Å². The van der Waals surface area contributed by atoms with Crippen LogP contribution >= 0.6 is 34.9 Å². The first-order chi connectivity index (χ1) is 8.31. The van der Waals surface area contributed by atoms with Crippen LogP contribution in [0.2, 0.25) is 0 Å². The van der Waals surface area contributed by atoms with Crippen molar-refractivity contribution in [2.45, 2.75) is 20.4 Å². The molecule has 8 heteroatoms. The highest BCUT2D eigenvalue weighted by Gasteiger charge is 2.07. The van der Waals surface area contributed by atoms with Gasteiger partial charge in [-0.2, -0.15) is 0 Å². The maximum absolute atomic E-state index is 4.27. The molecule has 0 unspecified atom stereocenters. The van der Waals surface area contributed by atoms with Crippen LogP contribution in [0.4, 0.5) is 0 Å². The SMILES string of the molecule is CNCc1cnc(Sc2nnc(SC)s2)nc1. The van der Waals surface area contributed by atoms with E-state index in [2.05, 4.69) is 25.5 Å². The van der Waals surface area contributed by atoms with Gasteiger partial charge >= 0.3 is 0 Å². The van der Waals surface area contributed by atoms with E-state index < -0.39 is 0 Å². The molecule has 0 saturated carbocycles. The van der Waals surface area contributed by atoms with Gasteiger partial charge in [-0.15, -0.1) is 10.2 Å². The first-order valence-corrected chi connectivity index (χ1v) is 7.68. The van der Waals surface area contributed by atoms with Gasteiger partial charge in [0.2, 0.25) is 0 Å². The fourth-order valence-corrected chi connectivity index (χ4v) is 3.33. The summed E-state index contributed by atoms with van der Waals surface area (Å²) < 4.78 is 1.83. The Morgan fingerprint density at radius 2 is 1.94 bits per heavy atom. The van der Waals surface area contributed by atoms with Gasteiger partial charge in [-0.05, 0) is 25.1 Å². The molecule has 0 spiro atoms. The Morgan fingerprint density at radius 1 is 1.24 bits per heavy atom. The van der Waals surface area contributed by atoms with Gasteiger partial charge in [-0.25, -0.2) is 9.97 Å². The zero-order valence-corrected chi connectivity index (χ0v) is 11.8. The Labute approximate surface area is 112 Å². The van der Waals surface area contributed by atoms with Gasteiger partial charge in [0.1, 0.15) is 0 Å². The molecule has 5 nitrogen and oxygen atoms in total. The summed E-state index contributed by atoms with van der Waals surface area (Å²) >= 11 is 4.58. The minimum atomic E-state index is 0.702.